The molecule has 0 saturated heterocycles. The Labute approximate surface area is 131 Å². The summed E-state index contributed by atoms with van der Waals surface area (Å²) in [4.78, 5) is 4.61. The van der Waals surface area contributed by atoms with Crippen LogP contribution in [0.3, 0.4) is 0 Å². The number of nitriles is 1. The molecular weight excluding hydrogens is 326 g/mol. The van der Waals surface area contributed by atoms with Crippen molar-refractivity contribution in [3.63, 3.8) is 0 Å². The molecule has 4 heteroatoms. The second-order valence-corrected chi connectivity index (χ2v) is 5.62. The summed E-state index contributed by atoms with van der Waals surface area (Å²) in [5.74, 6) is 0. The maximum atomic E-state index is 8.91. The summed E-state index contributed by atoms with van der Waals surface area (Å²) in [6.45, 7) is 1.98. The molecular formula is C17H12BrN3. The van der Waals surface area contributed by atoms with Crippen LogP contribution in [0.25, 0.3) is 10.9 Å². The van der Waals surface area contributed by atoms with E-state index in [-0.39, 0.29) is 0 Å². The predicted octanol–water partition coefficient (Wildman–Crippen LogP) is 4.92. The molecule has 0 fully saturated rings. The molecule has 2 aromatic carbocycles. The van der Waals surface area contributed by atoms with Gasteiger partial charge in [-0.05, 0) is 53.2 Å². The van der Waals surface area contributed by atoms with E-state index in [1.807, 2.05) is 37.3 Å². The number of benzene rings is 2. The highest BCUT2D eigenvalue weighted by atomic mass is 79.9. The minimum Gasteiger partial charge on any atom is -0.353 e. The Balaban J connectivity index is 2.06. The van der Waals surface area contributed by atoms with E-state index in [1.165, 1.54) is 0 Å². The molecule has 3 nitrogen and oxygen atoms in total. The minimum absolute atomic E-state index is 0.624. The van der Waals surface area contributed by atoms with Crippen molar-refractivity contribution in [2.24, 2.45) is 0 Å². The zero-order valence-corrected chi connectivity index (χ0v) is 13.0. The number of nitrogens with one attached hydrogen (secondary N) is 1. The summed E-state index contributed by atoms with van der Waals surface area (Å²) in [5.41, 5.74) is 4.40. The summed E-state index contributed by atoms with van der Waals surface area (Å²) < 4.78 is 0.853. The number of aryl methyl sites for hydroxylation is 1. The number of anilines is 2. The van der Waals surface area contributed by atoms with Gasteiger partial charge < -0.3 is 5.32 Å². The average Bonchev–Trinajstić information content (AvgIpc) is 2.49. The molecule has 0 saturated carbocycles. The number of hydrogen-bond donors (Lipinski definition) is 1. The highest BCUT2D eigenvalue weighted by Gasteiger charge is 2.06. The molecule has 0 aliphatic carbocycles. The van der Waals surface area contributed by atoms with Gasteiger partial charge in [-0.2, -0.15) is 5.26 Å². The van der Waals surface area contributed by atoms with Crippen LogP contribution in [-0.4, -0.2) is 4.98 Å². The Kier molecular flexibility index (Phi) is 3.59. The molecule has 3 rings (SSSR count). The molecule has 0 aliphatic rings. The van der Waals surface area contributed by atoms with Crippen LogP contribution in [0.2, 0.25) is 0 Å². The molecule has 1 heterocycles. The lowest BCUT2D eigenvalue weighted by atomic mass is 10.1. The van der Waals surface area contributed by atoms with Crippen LogP contribution < -0.4 is 5.32 Å². The molecule has 1 aromatic heterocycles. The van der Waals surface area contributed by atoms with E-state index in [0.717, 1.165) is 32.4 Å². The molecule has 0 amide bonds. The van der Waals surface area contributed by atoms with Crippen molar-refractivity contribution in [2.45, 2.75) is 6.92 Å². The quantitative estimate of drug-likeness (QED) is 0.721. The number of nitrogens with zero attached hydrogens (tertiary/aromatic N) is 2. The van der Waals surface area contributed by atoms with E-state index in [0.29, 0.717) is 5.56 Å². The molecule has 0 unspecified atom stereocenters. The van der Waals surface area contributed by atoms with Gasteiger partial charge in [0.2, 0.25) is 0 Å². The Hall–Kier alpha value is -2.38. The van der Waals surface area contributed by atoms with E-state index in [2.05, 4.69) is 38.4 Å². The van der Waals surface area contributed by atoms with E-state index < -0.39 is 0 Å². The Bertz CT molecular complexity index is 866. The van der Waals surface area contributed by atoms with Crippen molar-refractivity contribution >= 4 is 38.2 Å². The lowest BCUT2D eigenvalue weighted by molar-refractivity contribution is 1.25. The van der Waals surface area contributed by atoms with Crippen molar-refractivity contribution in [3.05, 3.63) is 64.3 Å². The molecule has 3 aromatic rings. The minimum atomic E-state index is 0.624. The average molecular weight is 338 g/mol. The first-order chi connectivity index (χ1) is 10.2. The predicted molar refractivity (Wildman–Crippen MR) is 88.6 cm³/mol. The number of halogens is 1. The fourth-order valence-electron chi connectivity index (χ4n) is 2.18. The maximum absolute atomic E-state index is 8.91. The first-order valence-corrected chi connectivity index (χ1v) is 7.30. The van der Waals surface area contributed by atoms with E-state index >= 15 is 0 Å². The molecule has 102 valence electrons. The third-order valence-corrected chi connectivity index (χ3v) is 3.88. The number of pyridine rings is 1. The fourth-order valence-corrected chi connectivity index (χ4v) is 2.65. The van der Waals surface area contributed by atoms with Gasteiger partial charge in [0.05, 0.1) is 28.5 Å². The normalized spacial score (nSPS) is 10.3. The smallest absolute Gasteiger partial charge is 0.0992 e. The standard InChI is InChI=1S/C17H12BrN3/c1-11-5-7-13-3-2-4-16(17(13)20-11)21-15-8-6-12(10-19)9-14(15)18/h2-9,21H,1H3. The third kappa shape index (κ3) is 2.74. The van der Waals surface area contributed by atoms with Gasteiger partial charge in [-0.15, -0.1) is 0 Å². The van der Waals surface area contributed by atoms with Gasteiger partial charge in [0, 0.05) is 15.6 Å². The second-order valence-electron chi connectivity index (χ2n) is 4.76. The largest absolute Gasteiger partial charge is 0.353 e. The Morgan fingerprint density at radius 1 is 1.10 bits per heavy atom. The number of hydrogen-bond acceptors (Lipinski definition) is 3. The summed E-state index contributed by atoms with van der Waals surface area (Å²) in [6, 6.07) is 17.7. The highest BCUT2D eigenvalue weighted by Crippen LogP contribution is 2.30. The van der Waals surface area contributed by atoms with Gasteiger partial charge in [0.15, 0.2) is 0 Å². The van der Waals surface area contributed by atoms with Gasteiger partial charge in [-0.3, -0.25) is 4.98 Å². The molecule has 0 radical (unpaired) electrons. The van der Waals surface area contributed by atoms with E-state index in [9.17, 15) is 0 Å². The molecule has 21 heavy (non-hydrogen) atoms. The zero-order chi connectivity index (χ0) is 14.8. The number of aromatic nitrogens is 1. The van der Waals surface area contributed by atoms with Crippen molar-refractivity contribution in [2.75, 3.05) is 5.32 Å². The SMILES string of the molecule is Cc1ccc2cccc(Nc3ccc(C#N)cc3Br)c2n1. The third-order valence-electron chi connectivity index (χ3n) is 3.23. The first kappa shape index (κ1) is 13.6. The summed E-state index contributed by atoms with van der Waals surface area (Å²) in [7, 11) is 0. The molecule has 0 spiro atoms. The topological polar surface area (TPSA) is 48.7 Å². The van der Waals surface area contributed by atoms with E-state index in [1.54, 1.807) is 12.1 Å². The lowest BCUT2D eigenvalue weighted by Gasteiger charge is -2.11. The Morgan fingerprint density at radius 2 is 1.95 bits per heavy atom. The van der Waals surface area contributed by atoms with Crippen molar-refractivity contribution < 1.29 is 0 Å². The second kappa shape index (κ2) is 5.55. The molecule has 0 bridgehead atoms. The number of para-hydroxylation sites is 1. The Morgan fingerprint density at radius 3 is 2.71 bits per heavy atom. The van der Waals surface area contributed by atoms with Crippen molar-refractivity contribution in [3.8, 4) is 6.07 Å². The van der Waals surface area contributed by atoms with Crippen LogP contribution >= 0.6 is 15.9 Å². The number of rotatable bonds is 2. The van der Waals surface area contributed by atoms with Crippen molar-refractivity contribution in [1.29, 1.82) is 5.26 Å². The summed E-state index contributed by atoms with van der Waals surface area (Å²) in [5, 5.41) is 13.4. The summed E-state index contributed by atoms with van der Waals surface area (Å²) >= 11 is 3.49. The molecule has 1 N–H and O–H groups in total. The first-order valence-electron chi connectivity index (χ1n) is 6.50. The van der Waals surface area contributed by atoms with Crippen LogP contribution in [0.4, 0.5) is 11.4 Å². The monoisotopic (exact) mass is 337 g/mol. The van der Waals surface area contributed by atoms with Crippen LogP contribution in [0.15, 0.2) is 53.0 Å². The van der Waals surface area contributed by atoms with Crippen molar-refractivity contribution in [1.82, 2.24) is 4.98 Å². The van der Waals surface area contributed by atoms with E-state index in [4.69, 9.17) is 5.26 Å². The van der Waals surface area contributed by atoms with Gasteiger partial charge in [0.25, 0.3) is 0 Å². The number of fused-ring (bicyclic) bond motifs is 1. The molecule has 0 atom stereocenters. The maximum Gasteiger partial charge on any atom is 0.0992 e. The van der Waals surface area contributed by atoms with Gasteiger partial charge in [0.1, 0.15) is 0 Å². The van der Waals surface area contributed by atoms with Crippen LogP contribution in [0.1, 0.15) is 11.3 Å². The van der Waals surface area contributed by atoms with Crippen LogP contribution in [0, 0.1) is 18.3 Å². The zero-order valence-electron chi connectivity index (χ0n) is 11.4. The van der Waals surface area contributed by atoms with Gasteiger partial charge >= 0.3 is 0 Å². The van der Waals surface area contributed by atoms with Gasteiger partial charge in [-0.1, -0.05) is 18.2 Å². The van der Waals surface area contributed by atoms with Crippen LogP contribution in [-0.2, 0) is 0 Å². The fraction of sp³-hybridized carbons (Fsp3) is 0.0588. The lowest BCUT2D eigenvalue weighted by Crippen LogP contribution is -1.95. The summed E-state index contributed by atoms with van der Waals surface area (Å²) in [6.07, 6.45) is 0. The van der Waals surface area contributed by atoms with Crippen LogP contribution in [0.5, 0.6) is 0 Å². The molecule has 0 aliphatic heterocycles. The van der Waals surface area contributed by atoms with Gasteiger partial charge in [-0.25, -0.2) is 0 Å². The highest BCUT2D eigenvalue weighted by molar-refractivity contribution is 9.10.